The molecule has 0 spiro atoms. The van der Waals surface area contributed by atoms with Gasteiger partial charge in [-0.05, 0) is 45.2 Å². The molecule has 2 aliphatic rings. The van der Waals surface area contributed by atoms with E-state index in [4.69, 9.17) is 0 Å². The summed E-state index contributed by atoms with van der Waals surface area (Å²) in [7, 11) is 0. The van der Waals surface area contributed by atoms with Crippen LogP contribution in [0.25, 0.3) is 5.65 Å². The van der Waals surface area contributed by atoms with Gasteiger partial charge in [0.15, 0.2) is 5.65 Å². The lowest BCUT2D eigenvalue weighted by Gasteiger charge is -2.44. The first-order chi connectivity index (χ1) is 12.1. The minimum Gasteiger partial charge on any atom is -0.340 e. The maximum absolute atomic E-state index is 12.7. The third kappa shape index (κ3) is 3.15. The van der Waals surface area contributed by atoms with Crippen molar-refractivity contribution in [3.05, 3.63) is 29.2 Å². The molecule has 4 heterocycles. The van der Waals surface area contributed by atoms with E-state index in [1.807, 2.05) is 17.5 Å². The van der Waals surface area contributed by atoms with Crippen molar-refractivity contribution in [2.45, 2.75) is 52.0 Å². The standard InChI is InChI=1S/C19H27N5O/c1-14-17(15(2)24-18(21-14)8-9-20-24)6-7-19(25)23-12-11-22-10-4-3-5-16(22)13-23/h8-9,16H,3-7,10-13H2,1-2H3/t16-/m0/s1. The van der Waals surface area contributed by atoms with Crippen molar-refractivity contribution in [3.8, 4) is 0 Å². The number of hydrogen-bond acceptors (Lipinski definition) is 4. The number of carbonyl (C=O) groups excluding carboxylic acids is 1. The van der Waals surface area contributed by atoms with Crippen LogP contribution in [0.1, 0.15) is 42.6 Å². The first-order valence-corrected chi connectivity index (χ1v) is 9.45. The van der Waals surface area contributed by atoms with Crippen molar-refractivity contribution < 1.29 is 4.79 Å². The van der Waals surface area contributed by atoms with Crippen molar-refractivity contribution in [1.29, 1.82) is 0 Å². The van der Waals surface area contributed by atoms with Crippen LogP contribution in [0.4, 0.5) is 0 Å². The molecule has 2 saturated heterocycles. The zero-order valence-corrected chi connectivity index (χ0v) is 15.2. The lowest BCUT2D eigenvalue weighted by molar-refractivity contribution is -0.134. The smallest absolute Gasteiger partial charge is 0.223 e. The largest absolute Gasteiger partial charge is 0.340 e. The Balaban J connectivity index is 1.42. The summed E-state index contributed by atoms with van der Waals surface area (Å²) in [5.41, 5.74) is 4.13. The fourth-order valence-corrected chi connectivity index (χ4v) is 4.40. The monoisotopic (exact) mass is 341 g/mol. The Kier molecular flexibility index (Phi) is 4.46. The van der Waals surface area contributed by atoms with Gasteiger partial charge in [0.2, 0.25) is 5.91 Å². The van der Waals surface area contributed by atoms with Gasteiger partial charge in [0.1, 0.15) is 0 Å². The number of aromatic nitrogens is 3. The fourth-order valence-electron chi connectivity index (χ4n) is 4.40. The summed E-state index contributed by atoms with van der Waals surface area (Å²) in [5, 5.41) is 4.34. The Morgan fingerprint density at radius 1 is 1.24 bits per heavy atom. The summed E-state index contributed by atoms with van der Waals surface area (Å²) >= 11 is 0. The molecule has 0 aliphatic carbocycles. The molecule has 0 unspecified atom stereocenters. The molecule has 2 aliphatic heterocycles. The van der Waals surface area contributed by atoms with Gasteiger partial charge in [-0.2, -0.15) is 5.10 Å². The molecule has 1 amide bonds. The average molecular weight is 341 g/mol. The number of rotatable bonds is 3. The molecule has 1 atom stereocenters. The molecule has 0 bridgehead atoms. The minimum absolute atomic E-state index is 0.282. The zero-order valence-electron chi connectivity index (χ0n) is 15.2. The summed E-state index contributed by atoms with van der Waals surface area (Å²) in [5.74, 6) is 0.282. The van der Waals surface area contributed by atoms with Gasteiger partial charge in [-0.25, -0.2) is 9.50 Å². The van der Waals surface area contributed by atoms with Crippen LogP contribution >= 0.6 is 0 Å². The van der Waals surface area contributed by atoms with E-state index in [2.05, 4.69) is 26.8 Å². The van der Waals surface area contributed by atoms with Gasteiger partial charge >= 0.3 is 0 Å². The van der Waals surface area contributed by atoms with Crippen LogP contribution in [-0.4, -0.2) is 62.5 Å². The minimum atomic E-state index is 0.282. The molecule has 0 saturated carbocycles. The molecule has 4 rings (SSSR count). The summed E-state index contributed by atoms with van der Waals surface area (Å²) < 4.78 is 1.87. The molecule has 25 heavy (non-hydrogen) atoms. The zero-order chi connectivity index (χ0) is 17.4. The Hall–Kier alpha value is -1.95. The lowest BCUT2D eigenvalue weighted by atomic mass is 9.99. The number of hydrogen-bond donors (Lipinski definition) is 0. The van der Waals surface area contributed by atoms with E-state index in [9.17, 15) is 4.79 Å². The van der Waals surface area contributed by atoms with Gasteiger partial charge in [0.05, 0.1) is 6.20 Å². The van der Waals surface area contributed by atoms with E-state index in [1.165, 1.54) is 25.8 Å². The number of fused-ring (bicyclic) bond motifs is 2. The van der Waals surface area contributed by atoms with Gasteiger partial charge in [-0.1, -0.05) is 6.42 Å². The number of amides is 1. The Morgan fingerprint density at radius 3 is 3.00 bits per heavy atom. The normalized spacial score (nSPS) is 21.5. The topological polar surface area (TPSA) is 53.7 Å². The molecule has 0 aromatic carbocycles. The number of piperidine rings is 1. The lowest BCUT2D eigenvalue weighted by Crippen LogP contribution is -2.56. The Labute approximate surface area is 148 Å². The second-order valence-electron chi connectivity index (χ2n) is 7.39. The van der Waals surface area contributed by atoms with E-state index in [1.54, 1.807) is 6.20 Å². The van der Waals surface area contributed by atoms with E-state index < -0.39 is 0 Å². The molecule has 2 aromatic rings. The Bertz CT molecular complexity index is 783. The summed E-state index contributed by atoms with van der Waals surface area (Å²) in [6.45, 7) is 8.13. The van der Waals surface area contributed by atoms with Gasteiger partial charge < -0.3 is 4.90 Å². The molecule has 6 heteroatoms. The second kappa shape index (κ2) is 6.75. The van der Waals surface area contributed by atoms with Crippen LogP contribution in [0.15, 0.2) is 12.3 Å². The summed E-state index contributed by atoms with van der Waals surface area (Å²) in [4.78, 5) is 22.0. The fraction of sp³-hybridized carbons (Fsp3) is 0.632. The molecule has 2 aromatic heterocycles. The van der Waals surface area contributed by atoms with Crippen LogP contribution in [0.2, 0.25) is 0 Å². The summed E-state index contributed by atoms with van der Waals surface area (Å²) in [6, 6.07) is 2.50. The quantitative estimate of drug-likeness (QED) is 0.857. The molecule has 134 valence electrons. The predicted octanol–water partition coefficient (Wildman–Crippen LogP) is 1.98. The second-order valence-corrected chi connectivity index (χ2v) is 7.39. The van der Waals surface area contributed by atoms with Crippen molar-refractivity contribution in [2.75, 3.05) is 26.2 Å². The summed E-state index contributed by atoms with van der Waals surface area (Å²) in [6.07, 6.45) is 6.92. The molecular formula is C19H27N5O. The van der Waals surface area contributed by atoms with Crippen molar-refractivity contribution in [3.63, 3.8) is 0 Å². The van der Waals surface area contributed by atoms with Crippen molar-refractivity contribution in [1.82, 2.24) is 24.4 Å². The van der Waals surface area contributed by atoms with Crippen LogP contribution < -0.4 is 0 Å². The average Bonchev–Trinajstić information content (AvgIpc) is 3.09. The number of carbonyl (C=O) groups is 1. The van der Waals surface area contributed by atoms with Crippen LogP contribution in [0, 0.1) is 13.8 Å². The van der Waals surface area contributed by atoms with Crippen molar-refractivity contribution >= 4 is 11.6 Å². The molecule has 2 fully saturated rings. The first kappa shape index (κ1) is 16.5. The van der Waals surface area contributed by atoms with E-state index in [-0.39, 0.29) is 5.91 Å². The molecular weight excluding hydrogens is 314 g/mol. The third-order valence-corrected chi connectivity index (χ3v) is 5.88. The van der Waals surface area contributed by atoms with E-state index in [0.717, 1.165) is 48.7 Å². The highest BCUT2D eigenvalue weighted by Gasteiger charge is 2.30. The van der Waals surface area contributed by atoms with E-state index >= 15 is 0 Å². The number of piperazine rings is 1. The van der Waals surface area contributed by atoms with Gasteiger partial charge in [-0.15, -0.1) is 0 Å². The van der Waals surface area contributed by atoms with Gasteiger partial charge in [0.25, 0.3) is 0 Å². The van der Waals surface area contributed by atoms with Gasteiger partial charge in [-0.3, -0.25) is 9.69 Å². The van der Waals surface area contributed by atoms with Crippen LogP contribution in [-0.2, 0) is 11.2 Å². The first-order valence-electron chi connectivity index (χ1n) is 9.45. The van der Waals surface area contributed by atoms with Gasteiger partial charge in [0, 0.05) is 49.6 Å². The number of aryl methyl sites for hydroxylation is 2. The third-order valence-electron chi connectivity index (χ3n) is 5.88. The molecule has 0 N–H and O–H groups in total. The SMILES string of the molecule is Cc1nc2ccnn2c(C)c1CCC(=O)N1CCN2CCCC[C@H]2C1. The molecule has 6 nitrogen and oxygen atoms in total. The van der Waals surface area contributed by atoms with Crippen LogP contribution in [0.3, 0.4) is 0 Å². The van der Waals surface area contributed by atoms with Crippen molar-refractivity contribution in [2.24, 2.45) is 0 Å². The highest BCUT2D eigenvalue weighted by molar-refractivity contribution is 5.76. The maximum Gasteiger partial charge on any atom is 0.223 e. The van der Waals surface area contributed by atoms with Crippen LogP contribution in [0.5, 0.6) is 0 Å². The predicted molar refractivity (Wildman–Crippen MR) is 96.6 cm³/mol. The molecule has 0 radical (unpaired) electrons. The van der Waals surface area contributed by atoms with E-state index in [0.29, 0.717) is 12.5 Å². The highest BCUT2D eigenvalue weighted by atomic mass is 16.2. The number of nitrogens with zero attached hydrogens (tertiary/aromatic N) is 5. The Morgan fingerprint density at radius 2 is 2.12 bits per heavy atom. The maximum atomic E-state index is 12.7. The highest BCUT2D eigenvalue weighted by Crippen LogP contribution is 2.22.